The Hall–Kier alpha value is -0.960. The molecule has 0 saturated carbocycles. The maximum absolute atomic E-state index is 12.4. The van der Waals surface area contributed by atoms with E-state index >= 15 is 0 Å². The number of amides is 1. The van der Waals surface area contributed by atoms with Gasteiger partial charge in [0.15, 0.2) is 5.96 Å². The topological polar surface area (TPSA) is 56.7 Å². The number of carbonyl (C=O) groups is 1. The van der Waals surface area contributed by atoms with E-state index < -0.39 is 0 Å². The van der Waals surface area contributed by atoms with Gasteiger partial charge < -0.3 is 15.5 Å². The second-order valence-corrected chi connectivity index (χ2v) is 8.05. The van der Waals surface area contributed by atoms with Crippen LogP contribution in [0.4, 0.5) is 0 Å². The molecule has 0 radical (unpaired) electrons. The molecule has 2 aliphatic rings. The number of nitrogens with one attached hydrogen (secondary N) is 2. The number of hydrogen-bond donors (Lipinski definition) is 2. The van der Waals surface area contributed by atoms with E-state index in [1.54, 1.807) is 7.05 Å². The lowest BCUT2D eigenvalue weighted by Gasteiger charge is -2.17. The van der Waals surface area contributed by atoms with Crippen LogP contribution < -0.4 is 10.6 Å². The highest BCUT2D eigenvalue weighted by atomic mass is 127. The third-order valence-electron chi connectivity index (χ3n) is 4.80. The summed E-state index contributed by atoms with van der Waals surface area (Å²) in [7, 11) is 1.80. The number of halogens is 1. The van der Waals surface area contributed by atoms with Gasteiger partial charge in [0.05, 0.1) is 0 Å². The molecular weight excluding hydrogens is 459 g/mol. The maximum atomic E-state index is 12.4. The van der Waals surface area contributed by atoms with Crippen LogP contribution >= 0.6 is 35.7 Å². The molecular formula is C19H29IN4OS. The summed E-state index contributed by atoms with van der Waals surface area (Å²) in [5.41, 5.74) is 2.56. The summed E-state index contributed by atoms with van der Waals surface area (Å²) in [6.45, 7) is 3.24. The fraction of sp³-hybridized carbons (Fsp3) is 0.579. The smallest absolute Gasteiger partial charge is 0.223 e. The zero-order chi connectivity index (χ0) is 17.5. The van der Waals surface area contributed by atoms with Crippen LogP contribution in [0.2, 0.25) is 0 Å². The average Bonchev–Trinajstić information content (AvgIpc) is 3.30. The molecule has 0 aliphatic carbocycles. The van der Waals surface area contributed by atoms with Crippen molar-refractivity contribution in [1.82, 2.24) is 15.5 Å². The van der Waals surface area contributed by atoms with Crippen molar-refractivity contribution in [2.75, 3.05) is 25.9 Å². The number of guanidine groups is 1. The number of benzene rings is 1. The lowest BCUT2D eigenvalue weighted by Crippen LogP contribution is -2.40. The van der Waals surface area contributed by atoms with Crippen molar-refractivity contribution in [3.8, 4) is 0 Å². The first-order valence-electron chi connectivity index (χ1n) is 9.17. The Morgan fingerprint density at radius 3 is 2.62 bits per heavy atom. The molecule has 7 heteroatoms. The van der Waals surface area contributed by atoms with Gasteiger partial charge in [-0.2, -0.15) is 11.8 Å². The Balaban J connectivity index is 0.00000243. The van der Waals surface area contributed by atoms with Gasteiger partial charge >= 0.3 is 0 Å². The minimum Gasteiger partial charge on any atom is -0.356 e. The van der Waals surface area contributed by atoms with Gasteiger partial charge in [0.25, 0.3) is 0 Å². The summed E-state index contributed by atoms with van der Waals surface area (Å²) >= 11 is 2.04. The average molecular weight is 488 g/mol. The number of aliphatic imine (C=N–C) groups is 1. The molecule has 1 aromatic rings. The minimum absolute atomic E-state index is 0. The summed E-state index contributed by atoms with van der Waals surface area (Å²) in [5, 5.41) is 7.41. The summed E-state index contributed by atoms with van der Waals surface area (Å²) < 4.78 is 0. The van der Waals surface area contributed by atoms with E-state index in [1.165, 1.54) is 29.7 Å². The number of carbonyl (C=O) groups excluding carboxylic acids is 1. The monoisotopic (exact) mass is 488 g/mol. The van der Waals surface area contributed by atoms with Crippen molar-refractivity contribution in [3.63, 3.8) is 0 Å². The number of rotatable bonds is 6. The molecule has 3 rings (SSSR count). The van der Waals surface area contributed by atoms with Crippen LogP contribution in [0.15, 0.2) is 29.3 Å². The molecule has 1 atom stereocenters. The van der Waals surface area contributed by atoms with E-state index in [0.29, 0.717) is 11.7 Å². The van der Waals surface area contributed by atoms with Gasteiger partial charge in [-0.3, -0.25) is 9.79 Å². The van der Waals surface area contributed by atoms with Crippen LogP contribution in [0.1, 0.15) is 36.8 Å². The van der Waals surface area contributed by atoms with Crippen LogP contribution in [0.5, 0.6) is 0 Å². The van der Waals surface area contributed by atoms with Gasteiger partial charge in [0, 0.05) is 44.9 Å². The first-order valence-corrected chi connectivity index (χ1v) is 10.2. The predicted molar refractivity (Wildman–Crippen MR) is 120 cm³/mol. The standard InChI is InChI=1S/C19H28N4OS.HI/c1-20-19(22-12-17-8-5-11-25-17)21-10-4-9-18(24)23-13-15-6-2-3-7-16(15)14-23;/h2-3,6-7,17H,4-5,8-14H2,1H3,(H2,20,21,22);1H. The Bertz CT molecular complexity index is 594. The van der Waals surface area contributed by atoms with Crippen LogP contribution in [-0.2, 0) is 17.9 Å². The molecule has 0 bridgehead atoms. The van der Waals surface area contributed by atoms with Crippen molar-refractivity contribution in [2.24, 2.45) is 4.99 Å². The molecule has 26 heavy (non-hydrogen) atoms. The molecule has 2 aliphatic heterocycles. The van der Waals surface area contributed by atoms with E-state index in [9.17, 15) is 4.79 Å². The van der Waals surface area contributed by atoms with E-state index in [4.69, 9.17) is 0 Å². The number of thioether (sulfide) groups is 1. The zero-order valence-electron chi connectivity index (χ0n) is 15.4. The number of hydrogen-bond acceptors (Lipinski definition) is 3. The quantitative estimate of drug-likeness (QED) is 0.280. The molecule has 5 nitrogen and oxygen atoms in total. The SMILES string of the molecule is CN=C(NCCCC(=O)N1Cc2ccccc2C1)NCC1CCCS1.I. The molecule has 0 aromatic heterocycles. The summed E-state index contributed by atoms with van der Waals surface area (Å²) in [6.07, 6.45) is 4.02. The third-order valence-corrected chi connectivity index (χ3v) is 6.20. The summed E-state index contributed by atoms with van der Waals surface area (Å²) in [5.74, 6) is 2.36. The first-order chi connectivity index (χ1) is 12.3. The molecule has 1 unspecified atom stereocenters. The summed E-state index contributed by atoms with van der Waals surface area (Å²) in [4.78, 5) is 18.6. The first kappa shape index (κ1) is 21.3. The second-order valence-electron chi connectivity index (χ2n) is 6.64. The predicted octanol–water partition coefficient (Wildman–Crippen LogP) is 2.99. The van der Waals surface area contributed by atoms with E-state index in [0.717, 1.165) is 38.6 Å². The molecule has 2 heterocycles. The maximum Gasteiger partial charge on any atom is 0.223 e. The number of fused-ring (bicyclic) bond motifs is 1. The van der Waals surface area contributed by atoms with Crippen molar-refractivity contribution in [1.29, 1.82) is 0 Å². The van der Waals surface area contributed by atoms with Crippen molar-refractivity contribution in [3.05, 3.63) is 35.4 Å². The van der Waals surface area contributed by atoms with Crippen LogP contribution in [0.25, 0.3) is 0 Å². The third kappa shape index (κ3) is 6.04. The van der Waals surface area contributed by atoms with Crippen molar-refractivity contribution < 1.29 is 4.79 Å². The van der Waals surface area contributed by atoms with Gasteiger partial charge in [-0.25, -0.2) is 0 Å². The van der Waals surface area contributed by atoms with Crippen LogP contribution in [0, 0.1) is 0 Å². The summed E-state index contributed by atoms with van der Waals surface area (Å²) in [6, 6.07) is 8.31. The second kappa shape index (κ2) is 11.0. The van der Waals surface area contributed by atoms with Crippen molar-refractivity contribution in [2.45, 2.75) is 44.0 Å². The van der Waals surface area contributed by atoms with E-state index in [1.807, 2.05) is 28.8 Å². The highest BCUT2D eigenvalue weighted by Gasteiger charge is 2.22. The van der Waals surface area contributed by atoms with E-state index in [-0.39, 0.29) is 29.9 Å². The van der Waals surface area contributed by atoms with Crippen LogP contribution in [0.3, 0.4) is 0 Å². The molecule has 1 aromatic carbocycles. The van der Waals surface area contributed by atoms with Gasteiger partial charge in [0.1, 0.15) is 0 Å². The molecule has 1 fully saturated rings. The highest BCUT2D eigenvalue weighted by Crippen LogP contribution is 2.25. The molecule has 0 spiro atoms. The lowest BCUT2D eigenvalue weighted by molar-refractivity contribution is -0.131. The molecule has 1 saturated heterocycles. The normalized spacial score (nSPS) is 19.0. The Morgan fingerprint density at radius 1 is 1.27 bits per heavy atom. The molecule has 1 amide bonds. The lowest BCUT2D eigenvalue weighted by atomic mass is 10.1. The van der Waals surface area contributed by atoms with Crippen LogP contribution in [-0.4, -0.2) is 47.9 Å². The Labute approximate surface area is 177 Å². The van der Waals surface area contributed by atoms with Gasteiger partial charge in [0.2, 0.25) is 5.91 Å². The van der Waals surface area contributed by atoms with Crippen molar-refractivity contribution >= 4 is 47.6 Å². The zero-order valence-corrected chi connectivity index (χ0v) is 18.5. The van der Waals surface area contributed by atoms with Gasteiger partial charge in [-0.15, -0.1) is 24.0 Å². The van der Waals surface area contributed by atoms with Gasteiger partial charge in [-0.05, 0) is 36.1 Å². The highest BCUT2D eigenvalue weighted by molar-refractivity contribution is 14.0. The largest absolute Gasteiger partial charge is 0.356 e. The fourth-order valence-corrected chi connectivity index (χ4v) is 4.55. The van der Waals surface area contributed by atoms with Gasteiger partial charge in [-0.1, -0.05) is 24.3 Å². The molecule has 144 valence electrons. The Morgan fingerprint density at radius 2 is 2.00 bits per heavy atom. The molecule has 2 N–H and O–H groups in total. The minimum atomic E-state index is 0. The Kier molecular flexibility index (Phi) is 9.04. The van der Waals surface area contributed by atoms with E-state index in [2.05, 4.69) is 27.8 Å². The fourth-order valence-electron chi connectivity index (χ4n) is 3.35. The number of nitrogens with zero attached hydrogens (tertiary/aromatic N) is 2.